The van der Waals surface area contributed by atoms with Gasteiger partial charge in [0, 0.05) is 19.7 Å². The molecule has 2 aliphatic rings. The third-order valence-electron chi connectivity index (χ3n) is 7.42. The first-order valence-electron chi connectivity index (χ1n) is 13.7. The number of amides is 2. The zero-order chi connectivity index (χ0) is 29.1. The Labute approximate surface area is 241 Å². The molecule has 0 aliphatic carbocycles. The minimum atomic E-state index is -1.08. The molecule has 1 saturated heterocycles. The summed E-state index contributed by atoms with van der Waals surface area (Å²) in [6.07, 6.45) is 1.68. The van der Waals surface area contributed by atoms with Crippen LogP contribution in [0.2, 0.25) is 0 Å². The first-order chi connectivity index (χ1) is 20.5. The smallest absolute Gasteiger partial charge is 0.247 e. The predicted molar refractivity (Wildman–Crippen MR) is 150 cm³/mol. The third kappa shape index (κ3) is 5.66. The molecule has 218 valence electrons. The Hall–Kier alpha value is -4.84. The molecule has 0 saturated carbocycles. The van der Waals surface area contributed by atoms with Crippen molar-refractivity contribution in [2.24, 2.45) is 0 Å². The number of ether oxygens (including phenoxy) is 4. The van der Waals surface area contributed by atoms with E-state index in [-0.39, 0.29) is 43.4 Å². The Morgan fingerprint density at radius 1 is 1.14 bits per heavy atom. The van der Waals surface area contributed by atoms with Crippen LogP contribution in [0.5, 0.6) is 23.0 Å². The fraction of sp³-hybridized carbons (Fsp3) is 0.333. The molecule has 12 heteroatoms. The topological polar surface area (TPSA) is 137 Å². The second-order valence-electron chi connectivity index (χ2n) is 10.2. The van der Waals surface area contributed by atoms with Gasteiger partial charge in [-0.15, -0.1) is 5.10 Å². The summed E-state index contributed by atoms with van der Waals surface area (Å²) in [5, 5.41) is 21.6. The second-order valence-corrected chi connectivity index (χ2v) is 10.2. The lowest BCUT2D eigenvalue weighted by Crippen LogP contribution is -2.46. The van der Waals surface area contributed by atoms with Crippen molar-refractivity contribution < 1.29 is 33.6 Å². The number of nitrogens with one attached hydrogen (secondary N) is 1. The molecule has 2 amide bonds. The van der Waals surface area contributed by atoms with Crippen LogP contribution in [-0.4, -0.2) is 70.0 Å². The Morgan fingerprint density at radius 2 is 2.00 bits per heavy atom. The molecule has 2 N–H and O–H groups in total. The molecule has 0 spiro atoms. The lowest BCUT2D eigenvalue weighted by Gasteiger charge is -2.32. The summed E-state index contributed by atoms with van der Waals surface area (Å²) < 4.78 is 23.6. The number of rotatable bonds is 10. The number of hydrogen-bond acceptors (Lipinski definition) is 9. The Kier molecular flexibility index (Phi) is 7.78. The van der Waals surface area contributed by atoms with E-state index in [0.29, 0.717) is 41.2 Å². The standard InChI is InChI=1S/C30H31N5O7/c1-39-26-14-20(9-10-24(26)36)29(30(38)31-15-21-5-4-12-40-21)34(16-19-8-11-25-27(13-19)42-18-41-25)28(37)17-35-23-7-3-2-6-22(23)32-33-35/h2-3,6-11,13-14,21,29,36H,4-5,12,15-18H2,1H3,(H,31,38)/t21-,29-/m1/s1. The minimum absolute atomic E-state index is 0.0727. The van der Waals surface area contributed by atoms with Gasteiger partial charge in [-0.1, -0.05) is 29.5 Å². The molecule has 3 aromatic carbocycles. The molecule has 0 radical (unpaired) electrons. The van der Waals surface area contributed by atoms with E-state index in [1.165, 1.54) is 22.8 Å². The first-order valence-corrected chi connectivity index (χ1v) is 13.7. The quantitative estimate of drug-likeness (QED) is 0.293. The maximum absolute atomic E-state index is 14.2. The second kappa shape index (κ2) is 12.0. The van der Waals surface area contributed by atoms with Crippen LogP contribution in [-0.2, 0) is 27.4 Å². The summed E-state index contributed by atoms with van der Waals surface area (Å²) in [6, 6.07) is 16.3. The number of phenols is 1. The number of hydrogen-bond donors (Lipinski definition) is 2. The Balaban J connectivity index is 1.38. The Bertz CT molecular complexity index is 1600. The molecule has 1 fully saturated rings. The van der Waals surface area contributed by atoms with Crippen LogP contribution in [0, 0.1) is 0 Å². The monoisotopic (exact) mass is 573 g/mol. The number of fused-ring (bicyclic) bond motifs is 2. The maximum atomic E-state index is 14.2. The van der Waals surface area contributed by atoms with Gasteiger partial charge >= 0.3 is 0 Å². The summed E-state index contributed by atoms with van der Waals surface area (Å²) in [6.45, 7) is 0.992. The average molecular weight is 574 g/mol. The van der Waals surface area contributed by atoms with Gasteiger partial charge in [-0.2, -0.15) is 0 Å². The summed E-state index contributed by atoms with van der Waals surface area (Å²) >= 11 is 0. The molecule has 4 aromatic rings. The Morgan fingerprint density at radius 3 is 2.83 bits per heavy atom. The number of benzene rings is 3. The van der Waals surface area contributed by atoms with Crippen molar-refractivity contribution >= 4 is 22.8 Å². The van der Waals surface area contributed by atoms with Crippen LogP contribution in [0.25, 0.3) is 11.0 Å². The molecule has 2 atom stereocenters. The van der Waals surface area contributed by atoms with Crippen molar-refractivity contribution in [1.29, 1.82) is 0 Å². The molecule has 0 bridgehead atoms. The van der Waals surface area contributed by atoms with Crippen molar-refractivity contribution in [1.82, 2.24) is 25.2 Å². The molecule has 2 aliphatic heterocycles. The largest absolute Gasteiger partial charge is 0.504 e. The van der Waals surface area contributed by atoms with Gasteiger partial charge in [0.15, 0.2) is 23.0 Å². The zero-order valence-corrected chi connectivity index (χ0v) is 23.1. The van der Waals surface area contributed by atoms with Crippen LogP contribution in [0.1, 0.15) is 30.0 Å². The van der Waals surface area contributed by atoms with E-state index in [9.17, 15) is 14.7 Å². The molecule has 6 rings (SSSR count). The van der Waals surface area contributed by atoms with Gasteiger partial charge in [0.05, 0.1) is 18.7 Å². The number of carbonyl (C=O) groups is 2. The van der Waals surface area contributed by atoms with Crippen molar-refractivity contribution in [3.05, 3.63) is 71.8 Å². The average Bonchev–Trinajstić information content (AvgIpc) is 3.78. The van der Waals surface area contributed by atoms with Gasteiger partial charge in [0.25, 0.3) is 0 Å². The molecule has 1 aromatic heterocycles. The lowest BCUT2D eigenvalue weighted by molar-refractivity contribution is -0.142. The van der Waals surface area contributed by atoms with Crippen LogP contribution in [0.15, 0.2) is 60.7 Å². The molecule has 42 heavy (non-hydrogen) atoms. The molecule has 12 nitrogen and oxygen atoms in total. The first kappa shape index (κ1) is 27.3. The maximum Gasteiger partial charge on any atom is 0.247 e. The minimum Gasteiger partial charge on any atom is -0.504 e. The van der Waals surface area contributed by atoms with Crippen LogP contribution in [0.4, 0.5) is 0 Å². The van der Waals surface area contributed by atoms with Crippen LogP contribution >= 0.6 is 0 Å². The molecule has 0 unspecified atom stereocenters. The van der Waals surface area contributed by atoms with Crippen molar-refractivity contribution in [3.8, 4) is 23.0 Å². The van der Waals surface area contributed by atoms with E-state index >= 15 is 0 Å². The lowest BCUT2D eigenvalue weighted by atomic mass is 10.0. The van der Waals surface area contributed by atoms with E-state index in [1.807, 2.05) is 30.3 Å². The third-order valence-corrected chi connectivity index (χ3v) is 7.42. The normalized spacial score (nSPS) is 16.4. The van der Waals surface area contributed by atoms with Crippen LogP contribution < -0.4 is 19.5 Å². The van der Waals surface area contributed by atoms with Crippen molar-refractivity contribution in [2.75, 3.05) is 27.1 Å². The fourth-order valence-corrected chi connectivity index (χ4v) is 5.27. The number of aromatic nitrogens is 3. The van der Waals surface area contributed by atoms with Crippen molar-refractivity contribution in [2.45, 2.75) is 38.1 Å². The SMILES string of the molecule is COc1cc([C@H](C(=O)NC[C@H]2CCCO2)N(Cc2ccc3c(c2)OCO3)C(=O)Cn2nnc3ccccc32)ccc1O. The number of carbonyl (C=O) groups excluding carboxylic acids is 2. The zero-order valence-electron chi connectivity index (χ0n) is 23.1. The van der Waals surface area contributed by atoms with E-state index in [4.69, 9.17) is 18.9 Å². The molecular formula is C30H31N5O7. The van der Waals surface area contributed by atoms with Gasteiger partial charge < -0.3 is 34.3 Å². The van der Waals surface area contributed by atoms with E-state index < -0.39 is 11.9 Å². The molecular weight excluding hydrogens is 542 g/mol. The molecule has 3 heterocycles. The van der Waals surface area contributed by atoms with Crippen molar-refractivity contribution in [3.63, 3.8) is 0 Å². The van der Waals surface area contributed by atoms with E-state index in [2.05, 4.69) is 15.6 Å². The predicted octanol–water partition coefficient (Wildman–Crippen LogP) is 2.94. The highest BCUT2D eigenvalue weighted by Crippen LogP contribution is 2.35. The highest BCUT2D eigenvalue weighted by molar-refractivity contribution is 5.89. The van der Waals surface area contributed by atoms with Gasteiger partial charge in [0.1, 0.15) is 18.1 Å². The fourth-order valence-electron chi connectivity index (χ4n) is 5.27. The summed E-state index contributed by atoms with van der Waals surface area (Å²) in [5.41, 5.74) is 2.55. The van der Waals surface area contributed by atoms with E-state index in [0.717, 1.165) is 18.4 Å². The van der Waals surface area contributed by atoms with E-state index in [1.54, 1.807) is 24.3 Å². The number of aromatic hydroxyl groups is 1. The number of para-hydroxylation sites is 1. The van der Waals surface area contributed by atoms with Gasteiger partial charge in [-0.05, 0) is 60.4 Å². The van der Waals surface area contributed by atoms with Gasteiger partial charge in [-0.3, -0.25) is 9.59 Å². The number of phenolic OH excluding ortho intramolecular Hbond substituents is 1. The highest BCUT2D eigenvalue weighted by atomic mass is 16.7. The summed E-state index contributed by atoms with van der Waals surface area (Å²) in [4.78, 5) is 29.7. The van der Waals surface area contributed by atoms with Gasteiger partial charge in [-0.25, -0.2) is 4.68 Å². The number of nitrogens with zero attached hydrogens (tertiary/aromatic N) is 4. The highest BCUT2D eigenvalue weighted by Gasteiger charge is 2.34. The summed E-state index contributed by atoms with van der Waals surface area (Å²) in [7, 11) is 1.43. The van der Waals surface area contributed by atoms with Crippen LogP contribution in [0.3, 0.4) is 0 Å². The van der Waals surface area contributed by atoms with Gasteiger partial charge in [0.2, 0.25) is 18.6 Å². The number of methoxy groups -OCH3 is 1. The summed E-state index contributed by atoms with van der Waals surface area (Å²) in [5.74, 6) is 0.515.